The maximum atomic E-state index is 13.1. The number of H-pyrrole nitrogens is 1. The molecule has 0 aliphatic heterocycles. The number of rotatable bonds is 5. The lowest BCUT2D eigenvalue weighted by Crippen LogP contribution is -2.44. The number of aromatic nitrogens is 1. The summed E-state index contributed by atoms with van der Waals surface area (Å²) < 4.78 is 7.38. The van der Waals surface area contributed by atoms with Crippen LogP contribution in [0.5, 0.6) is 0 Å². The molecule has 31 heavy (non-hydrogen) atoms. The van der Waals surface area contributed by atoms with Gasteiger partial charge in [-0.25, -0.2) is 0 Å². The number of fused-ring (bicyclic) bond motifs is 2. The molecule has 0 spiro atoms. The van der Waals surface area contributed by atoms with E-state index in [1.807, 2.05) is 44.9 Å². The number of amides is 1. The summed E-state index contributed by atoms with van der Waals surface area (Å²) in [5, 5.41) is 3.64. The molecule has 1 aliphatic carbocycles. The second kappa shape index (κ2) is 8.08. The van der Waals surface area contributed by atoms with Gasteiger partial charge in [-0.15, -0.1) is 11.3 Å². The van der Waals surface area contributed by atoms with Crippen LogP contribution in [0.15, 0.2) is 42.8 Å². The van der Waals surface area contributed by atoms with E-state index in [9.17, 15) is 4.79 Å². The van der Waals surface area contributed by atoms with Crippen LogP contribution >= 0.6 is 34.5 Å². The molecule has 2 unspecified atom stereocenters. The third-order valence-corrected chi connectivity index (χ3v) is 7.30. The van der Waals surface area contributed by atoms with Crippen molar-refractivity contribution in [3.8, 4) is 0 Å². The third-order valence-electron chi connectivity index (χ3n) is 5.36. The Kier molecular flexibility index (Phi) is 5.75. The largest absolute Gasteiger partial charge is 0.474 e. The summed E-state index contributed by atoms with van der Waals surface area (Å²) in [5.41, 5.74) is 3.16. The molecular weight excluding hydrogens is 453 g/mol. The van der Waals surface area contributed by atoms with E-state index in [0.29, 0.717) is 26.5 Å². The molecule has 2 N–H and O–H groups in total. The van der Waals surface area contributed by atoms with Crippen molar-refractivity contribution in [2.45, 2.75) is 44.9 Å². The lowest BCUT2D eigenvalue weighted by Gasteiger charge is -2.36. The number of carbonyl (C=O) groups excluding carboxylic acids is 1. The summed E-state index contributed by atoms with van der Waals surface area (Å²) in [6.45, 7) is 10.1. The van der Waals surface area contributed by atoms with Gasteiger partial charge in [0.1, 0.15) is 15.6 Å². The van der Waals surface area contributed by atoms with Gasteiger partial charge in [-0.1, -0.05) is 47.5 Å². The number of halogens is 2. The van der Waals surface area contributed by atoms with Crippen molar-refractivity contribution in [2.24, 2.45) is 0 Å². The summed E-state index contributed by atoms with van der Waals surface area (Å²) in [4.78, 5) is 18.2. The Balaban J connectivity index is 1.59. The van der Waals surface area contributed by atoms with Gasteiger partial charge in [-0.3, -0.25) is 4.79 Å². The minimum atomic E-state index is -0.362. The maximum absolute atomic E-state index is 13.1. The van der Waals surface area contributed by atoms with Crippen molar-refractivity contribution in [2.75, 3.05) is 7.05 Å². The van der Waals surface area contributed by atoms with E-state index in [4.69, 9.17) is 27.9 Å². The lowest BCUT2D eigenvalue weighted by atomic mass is 10.1. The van der Waals surface area contributed by atoms with E-state index in [2.05, 4.69) is 29.0 Å². The Hall–Kier alpha value is -2.15. The molecule has 164 valence electrons. The second-order valence-corrected chi connectivity index (χ2v) is 10.8. The minimum absolute atomic E-state index is 0.0934. The van der Waals surface area contributed by atoms with Crippen LogP contribution in [0.2, 0.25) is 9.36 Å². The third kappa shape index (κ3) is 4.29. The normalized spacial score (nSPS) is 18.1. The molecule has 1 aromatic carbocycles. The molecule has 0 fully saturated rings. The van der Waals surface area contributed by atoms with Crippen LogP contribution in [0.25, 0.3) is 10.2 Å². The molecule has 0 radical (unpaired) electrons. The average molecular weight is 478 g/mol. The topological polar surface area (TPSA) is 57.4 Å². The average Bonchev–Trinajstić information content (AvgIpc) is 3.33. The van der Waals surface area contributed by atoms with Crippen LogP contribution in [0.3, 0.4) is 0 Å². The first kappa shape index (κ1) is 22.1. The minimum Gasteiger partial charge on any atom is -0.474 e. The zero-order chi connectivity index (χ0) is 22.5. The fraction of sp³-hybridized carbons (Fsp3) is 0.348. The van der Waals surface area contributed by atoms with Crippen molar-refractivity contribution in [1.82, 2.24) is 15.2 Å². The predicted molar refractivity (Wildman–Crippen MR) is 128 cm³/mol. The van der Waals surface area contributed by atoms with Crippen LogP contribution in [-0.4, -0.2) is 34.5 Å². The number of ether oxygens (including phenoxy) is 1. The molecule has 0 saturated carbocycles. The maximum Gasteiger partial charge on any atom is 0.268 e. The van der Waals surface area contributed by atoms with Crippen LogP contribution in [-0.2, 0) is 11.2 Å². The van der Waals surface area contributed by atoms with Gasteiger partial charge >= 0.3 is 0 Å². The molecule has 4 rings (SSSR count). The molecule has 1 aliphatic rings. The summed E-state index contributed by atoms with van der Waals surface area (Å²) in [7, 11) is 1.95. The molecule has 8 heteroatoms. The first-order valence-electron chi connectivity index (χ1n) is 10.0. The Morgan fingerprint density at radius 1 is 1.32 bits per heavy atom. The van der Waals surface area contributed by atoms with Crippen LogP contribution in [0, 0.1) is 0 Å². The van der Waals surface area contributed by atoms with Gasteiger partial charge in [-0.05, 0) is 51.0 Å². The summed E-state index contributed by atoms with van der Waals surface area (Å²) in [5.74, 6) is 0.379. The summed E-state index contributed by atoms with van der Waals surface area (Å²) in [6, 6.07) is 9.78. The zero-order valence-electron chi connectivity index (χ0n) is 17.9. The number of nitrogens with zero attached hydrogens (tertiary/aromatic N) is 1. The van der Waals surface area contributed by atoms with Crippen LogP contribution < -0.4 is 5.32 Å². The van der Waals surface area contributed by atoms with Gasteiger partial charge < -0.3 is 19.9 Å². The molecule has 0 bridgehead atoms. The van der Waals surface area contributed by atoms with Gasteiger partial charge in [0.25, 0.3) is 5.91 Å². The van der Waals surface area contributed by atoms with Crippen LogP contribution in [0.4, 0.5) is 0 Å². The van der Waals surface area contributed by atoms with Gasteiger partial charge in [0.2, 0.25) is 0 Å². The number of thiophene rings is 1. The van der Waals surface area contributed by atoms with E-state index in [1.54, 1.807) is 6.07 Å². The van der Waals surface area contributed by atoms with Crippen molar-refractivity contribution >= 4 is 50.7 Å². The molecule has 2 heterocycles. The quantitative estimate of drug-likeness (QED) is 0.433. The highest BCUT2D eigenvalue weighted by Gasteiger charge is 2.38. The standard InChI is InChI=1S/C23H25Cl2N3O2S/c1-12(30-23(2,3)4)28(5)20-14-9-7-6-8-13(14)10-15(20)27-22(29)16-11-17-19(26-16)18(24)21(25)31-17/h6-9,11,15,20,26H,1,10H2,2-5H3,(H,27,29). The molecule has 0 saturated heterocycles. The number of benzene rings is 1. The fourth-order valence-corrected chi connectivity index (χ4v) is 5.53. The van der Waals surface area contributed by atoms with E-state index in [1.165, 1.54) is 16.9 Å². The lowest BCUT2D eigenvalue weighted by molar-refractivity contribution is -0.00423. The van der Waals surface area contributed by atoms with Crippen LogP contribution in [0.1, 0.15) is 48.4 Å². The Morgan fingerprint density at radius 2 is 2.03 bits per heavy atom. The highest BCUT2D eigenvalue weighted by molar-refractivity contribution is 7.23. The Labute approximate surface area is 196 Å². The van der Waals surface area contributed by atoms with Crippen molar-refractivity contribution in [3.05, 3.63) is 69.0 Å². The SMILES string of the molecule is C=C(OC(C)(C)C)N(C)C1c2ccccc2CC1NC(=O)c1cc2sc(Cl)c(Cl)c2[nH]1. The first-order chi connectivity index (χ1) is 14.5. The van der Waals surface area contributed by atoms with Gasteiger partial charge in [-0.2, -0.15) is 0 Å². The molecule has 2 aromatic heterocycles. The highest BCUT2D eigenvalue weighted by atomic mass is 35.5. The Bertz CT molecular complexity index is 1160. The zero-order valence-corrected chi connectivity index (χ0v) is 20.2. The van der Waals surface area contributed by atoms with E-state index in [0.717, 1.165) is 16.7 Å². The number of aromatic amines is 1. The molecule has 2 atom stereocenters. The summed E-state index contributed by atoms with van der Waals surface area (Å²) >= 11 is 13.7. The van der Waals surface area contributed by atoms with E-state index < -0.39 is 0 Å². The number of hydrogen-bond acceptors (Lipinski definition) is 4. The fourth-order valence-electron chi connectivity index (χ4n) is 4.05. The monoisotopic (exact) mass is 477 g/mol. The van der Waals surface area contributed by atoms with Gasteiger partial charge in [0.05, 0.1) is 27.3 Å². The second-order valence-electron chi connectivity index (χ2n) is 8.76. The molecule has 3 aromatic rings. The van der Waals surface area contributed by atoms with Crippen molar-refractivity contribution in [1.29, 1.82) is 0 Å². The molecule has 5 nitrogen and oxygen atoms in total. The van der Waals surface area contributed by atoms with Gasteiger partial charge in [0, 0.05) is 7.05 Å². The van der Waals surface area contributed by atoms with Crippen molar-refractivity contribution in [3.63, 3.8) is 0 Å². The molecule has 1 amide bonds. The number of carbonyl (C=O) groups is 1. The number of nitrogens with one attached hydrogen (secondary N) is 2. The smallest absolute Gasteiger partial charge is 0.268 e. The summed E-state index contributed by atoms with van der Waals surface area (Å²) in [6.07, 6.45) is 0.724. The van der Waals surface area contributed by atoms with E-state index >= 15 is 0 Å². The van der Waals surface area contributed by atoms with E-state index in [-0.39, 0.29) is 23.6 Å². The highest BCUT2D eigenvalue weighted by Crippen LogP contribution is 2.40. The number of likely N-dealkylation sites (N-methyl/N-ethyl adjacent to an activating group) is 1. The molecular formula is C23H25Cl2N3O2S. The predicted octanol–water partition coefficient (Wildman–Crippen LogP) is 6.15. The van der Waals surface area contributed by atoms with Crippen molar-refractivity contribution < 1.29 is 9.53 Å². The van der Waals surface area contributed by atoms with Gasteiger partial charge in [0.15, 0.2) is 5.88 Å². The number of hydrogen-bond donors (Lipinski definition) is 2. The Morgan fingerprint density at radius 3 is 2.71 bits per heavy atom. The first-order valence-corrected chi connectivity index (χ1v) is 11.6.